The number of rotatable bonds is 2. The van der Waals surface area contributed by atoms with E-state index in [0.29, 0.717) is 16.7 Å². The Morgan fingerprint density at radius 2 is 0.911 bits per heavy atom. The van der Waals surface area contributed by atoms with Crippen LogP contribution in [-0.4, -0.2) is 9.13 Å². The van der Waals surface area contributed by atoms with E-state index in [1.165, 1.54) is 0 Å². The fourth-order valence-electron chi connectivity index (χ4n) is 6.80. The summed E-state index contributed by atoms with van der Waals surface area (Å²) < 4.78 is 10.7. The predicted octanol–water partition coefficient (Wildman–Crippen LogP) is 9.40. The third kappa shape index (κ3) is 3.47. The van der Waals surface area contributed by atoms with Gasteiger partial charge in [0.25, 0.3) is 0 Å². The average molecular weight is 574 g/mol. The summed E-state index contributed by atoms with van der Waals surface area (Å²) in [7, 11) is 0. The molecule has 0 bridgehead atoms. The first-order valence-corrected chi connectivity index (χ1v) is 14.4. The van der Waals surface area contributed by atoms with Crippen LogP contribution in [0.15, 0.2) is 120 Å². The molecule has 0 spiro atoms. The zero-order chi connectivity index (χ0) is 30.2. The second-order valence-corrected chi connectivity index (χ2v) is 11.2. The number of aromatic nitrogens is 2. The molecule has 0 aliphatic carbocycles. The monoisotopic (exact) mass is 573 g/mol. The maximum absolute atomic E-state index is 9.73. The second-order valence-electron chi connectivity index (χ2n) is 11.2. The predicted molar refractivity (Wildman–Crippen MR) is 177 cm³/mol. The summed E-state index contributed by atoms with van der Waals surface area (Å²) in [6, 6.07) is 44.6. The van der Waals surface area contributed by atoms with E-state index in [0.717, 1.165) is 76.9 Å². The Balaban J connectivity index is 1.36. The minimum atomic E-state index is 0.567. The number of nitriles is 3. The smallest absolute Gasteiger partial charge is 0.136 e. The number of hydrogen-bond donors (Lipinski definition) is 0. The van der Waals surface area contributed by atoms with Crippen molar-refractivity contribution < 1.29 is 4.42 Å². The summed E-state index contributed by atoms with van der Waals surface area (Å²) in [5.41, 5.74) is 9.16. The van der Waals surface area contributed by atoms with Crippen LogP contribution in [0.2, 0.25) is 0 Å². The van der Waals surface area contributed by atoms with Crippen LogP contribution < -0.4 is 0 Å². The van der Waals surface area contributed by atoms with Gasteiger partial charge < -0.3 is 13.6 Å². The Bertz CT molecular complexity index is 2790. The lowest BCUT2D eigenvalue weighted by molar-refractivity contribution is 0.669. The van der Waals surface area contributed by atoms with Gasteiger partial charge in [0, 0.05) is 43.7 Å². The van der Waals surface area contributed by atoms with Crippen molar-refractivity contribution in [3.05, 3.63) is 132 Å². The van der Waals surface area contributed by atoms with E-state index in [4.69, 9.17) is 4.42 Å². The van der Waals surface area contributed by atoms with Gasteiger partial charge in [0.2, 0.25) is 0 Å². The van der Waals surface area contributed by atoms with Crippen molar-refractivity contribution in [3.8, 4) is 29.6 Å². The van der Waals surface area contributed by atoms with E-state index in [9.17, 15) is 15.8 Å². The summed E-state index contributed by atoms with van der Waals surface area (Å²) in [5.74, 6) is 0. The molecule has 3 aromatic heterocycles. The molecule has 0 saturated heterocycles. The van der Waals surface area contributed by atoms with Gasteiger partial charge in [0.1, 0.15) is 11.2 Å². The van der Waals surface area contributed by atoms with Crippen LogP contribution >= 0.6 is 0 Å². The van der Waals surface area contributed by atoms with Crippen molar-refractivity contribution in [2.24, 2.45) is 0 Å². The van der Waals surface area contributed by atoms with Crippen molar-refractivity contribution in [1.82, 2.24) is 9.13 Å². The van der Waals surface area contributed by atoms with Gasteiger partial charge in [-0.3, -0.25) is 0 Å². The van der Waals surface area contributed by atoms with Crippen LogP contribution in [0, 0.1) is 34.0 Å². The second kappa shape index (κ2) is 9.09. The van der Waals surface area contributed by atoms with Crippen LogP contribution in [0.4, 0.5) is 0 Å². The van der Waals surface area contributed by atoms with Crippen molar-refractivity contribution in [2.45, 2.75) is 0 Å². The highest BCUT2D eigenvalue weighted by atomic mass is 16.3. The number of hydrogen-bond acceptors (Lipinski definition) is 4. The Hall–Kier alpha value is -6.81. The summed E-state index contributed by atoms with van der Waals surface area (Å²) in [6.07, 6.45) is 0. The van der Waals surface area contributed by atoms with E-state index in [1.54, 1.807) is 0 Å². The highest BCUT2D eigenvalue weighted by Gasteiger charge is 2.19. The SMILES string of the molecule is N#Cc1ccc2c(c1)c1cc(C#N)ccc1n2-c1cccc(-n2c3ccc(C#N)cc3c3cc4oc5ccccc5c4cc32)c1. The highest BCUT2D eigenvalue weighted by molar-refractivity contribution is 6.17. The lowest BCUT2D eigenvalue weighted by Gasteiger charge is -2.13. The molecule has 0 aliphatic rings. The minimum absolute atomic E-state index is 0.567. The van der Waals surface area contributed by atoms with Gasteiger partial charge in [-0.15, -0.1) is 0 Å². The van der Waals surface area contributed by atoms with E-state index >= 15 is 0 Å². The van der Waals surface area contributed by atoms with Gasteiger partial charge in [0.15, 0.2) is 0 Å². The summed E-state index contributed by atoms with van der Waals surface area (Å²) in [6.45, 7) is 0. The van der Waals surface area contributed by atoms with Crippen LogP contribution in [0.3, 0.4) is 0 Å². The number of para-hydroxylation sites is 1. The van der Waals surface area contributed by atoms with Crippen molar-refractivity contribution in [2.75, 3.05) is 0 Å². The first-order chi connectivity index (χ1) is 22.1. The van der Waals surface area contributed by atoms with Crippen LogP contribution in [0.5, 0.6) is 0 Å². The van der Waals surface area contributed by atoms with E-state index in [2.05, 4.69) is 63.7 Å². The lowest BCUT2D eigenvalue weighted by atomic mass is 10.1. The number of nitrogens with zero attached hydrogens (tertiary/aromatic N) is 5. The molecule has 0 fully saturated rings. The molecule has 0 saturated carbocycles. The Kier molecular flexibility index (Phi) is 5.00. The molecule has 6 aromatic carbocycles. The molecular formula is C39H19N5O. The van der Waals surface area contributed by atoms with Gasteiger partial charge >= 0.3 is 0 Å². The topological polar surface area (TPSA) is 94.4 Å². The van der Waals surface area contributed by atoms with Gasteiger partial charge in [0.05, 0.1) is 57.0 Å². The van der Waals surface area contributed by atoms with Gasteiger partial charge in [-0.2, -0.15) is 15.8 Å². The maximum atomic E-state index is 9.73. The van der Waals surface area contributed by atoms with Crippen molar-refractivity contribution >= 4 is 65.6 Å². The van der Waals surface area contributed by atoms with Crippen molar-refractivity contribution in [3.63, 3.8) is 0 Å². The molecular weight excluding hydrogens is 554 g/mol. The lowest BCUT2D eigenvalue weighted by Crippen LogP contribution is -1.98. The largest absolute Gasteiger partial charge is 0.456 e. The van der Waals surface area contributed by atoms with Gasteiger partial charge in [-0.05, 0) is 91.0 Å². The van der Waals surface area contributed by atoms with Crippen LogP contribution in [0.25, 0.3) is 76.9 Å². The molecule has 45 heavy (non-hydrogen) atoms. The number of benzene rings is 6. The van der Waals surface area contributed by atoms with Gasteiger partial charge in [-0.1, -0.05) is 24.3 Å². The van der Waals surface area contributed by atoms with E-state index < -0.39 is 0 Å². The first kappa shape index (κ1) is 24.8. The average Bonchev–Trinajstić information content (AvgIpc) is 3.73. The van der Waals surface area contributed by atoms with E-state index in [1.807, 2.05) is 78.9 Å². The minimum Gasteiger partial charge on any atom is -0.456 e. The molecule has 0 amide bonds. The zero-order valence-electron chi connectivity index (χ0n) is 23.6. The molecule has 6 heteroatoms. The van der Waals surface area contributed by atoms with Crippen LogP contribution in [-0.2, 0) is 0 Å². The van der Waals surface area contributed by atoms with Crippen LogP contribution in [0.1, 0.15) is 16.7 Å². The maximum Gasteiger partial charge on any atom is 0.136 e. The molecule has 6 nitrogen and oxygen atoms in total. The molecule has 0 radical (unpaired) electrons. The van der Waals surface area contributed by atoms with Gasteiger partial charge in [-0.25, -0.2) is 0 Å². The molecule has 0 N–H and O–H groups in total. The normalized spacial score (nSPS) is 11.5. The first-order valence-electron chi connectivity index (χ1n) is 14.4. The quantitative estimate of drug-likeness (QED) is 0.206. The number of fused-ring (bicyclic) bond motifs is 9. The number of furan rings is 1. The summed E-state index contributed by atoms with van der Waals surface area (Å²) in [4.78, 5) is 0. The van der Waals surface area contributed by atoms with E-state index in [-0.39, 0.29) is 0 Å². The Morgan fingerprint density at radius 3 is 1.47 bits per heavy atom. The zero-order valence-corrected chi connectivity index (χ0v) is 23.6. The standard InChI is InChI=1S/C39H19N5O/c40-20-23-8-11-34-29(14-23)30-15-24(21-41)9-12-35(30)43(34)26-4-3-5-27(17-26)44-36-13-10-25(22-42)16-31(36)32-19-39-33(18-37(32)44)28-6-1-2-7-38(28)45-39/h1-19H. The molecule has 3 heterocycles. The van der Waals surface area contributed by atoms with Crippen molar-refractivity contribution in [1.29, 1.82) is 15.8 Å². The third-order valence-electron chi connectivity index (χ3n) is 8.76. The fraction of sp³-hybridized carbons (Fsp3) is 0. The summed E-state index contributed by atoms with van der Waals surface area (Å²) >= 11 is 0. The summed E-state index contributed by atoms with van der Waals surface area (Å²) in [5, 5.41) is 34.9. The fourth-order valence-corrected chi connectivity index (χ4v) is 6.80. The Labute approximate surface area is 256 Å². The molecule has 0 unspecified atom stereocenters. The third-order valence-corrected chi connectivity index (χ3v) is 8.76. The molecule has 206 valence electrons. The molecule has 9 aromatic rings. The molecule has 0 aliphatic heterocycles. The Morgan fingerprint density at radius 1 is 0.400 bits per heavy atom. The molecule has 0 atom stereocenters. The highest BCUT2D eigenvalue weighted by Crippen LogP contribution is 2.39. The molecule has 9 rings (SSSR count).